The second-order valence-corrected chi connectivity index (χ2v) is 6.24. The molecule has 2 aromatic rings. The first-order chi connectivity index (χ1) is 10.7. The van der Waals surface area contributed by atoms with Crippen molar-refractivity contribution in [3.05, 3.63) is 24.4 Å². The Morgan fingerprint density at radius 3 is 2.42 bits per heavy atom. The number of rotatable bonds is 4. The molecule has 0 aliphatic heterocycles. The lowest BCUT2D eigenvalue weighted by atomic mass is 9.87. The van der Waals surface area contributed by atoms with Crippen molar-refractivity contribution in [1.82, 2.24) is 4.98 Å². The van der Waals surface area contributed by atoms with E-state index >= 15 is 0 Å². The van der Waals surface area contributed by atoms with Crippen LogP contribution in [-0.4, -0.2) is 25.2 Å². The lowest BCUT2D eigenvalue weighted by molar-refractivity contribution is 0.355. The molecule has 6 heteroatoms. The van der Waals surface area contributed by atoms with Gasteiger partial charge >= 0.3 is 0 Å². The smallest absolute Gasteiger partial charge is 0.162 e. The van der Waals surface area contributed by atoms with Gasteiger partial charge in [-0.1, -0.05) is 19.8 Å². The van der Waals surface area contributed by atoms with E-state index in [1.54, 1.807) is 14.2 Å². The Bertz CT molecular complexity index is 667. The maximum absolute atomic E-state index is 5.38. The van der Waals surface area contributed by atoms with Gasteiger partial charge in [0.25, 0.3) is 0 Å². The van der Waals surface area contributed by atoms with Crippen molar-refractivity contribution < 1.29 is 9.47 Å². The number of aromatic nitrogens is 1. The molecule has 0 bridgehead atoms. The van der Waals surface area contributed by atoms with Gasteiger partial charge in [0.2, 0.25) is 0 Å². The Labute approximate surface area is 156 Å². The number of anilines is 1. The number of methoxy groups -OCH3 is 2. The van der Waals surface area contributed by atoms with Crippen molar-refractivity contribution in [3.63, 3.8) is 0 Å². The maximum Gasteiger partial charge on any atom is 0.162 e. The van der Waals surface area contributed by atoms with E-state index in [1.165, 1.54) is 25.7 Å². The summed E-state index contributed by atoms with van der Waals surface area (Å²) in [6.45, 7) is 2.34. The molecule has 2 unspecified atom stereocenters. The number of ether oxygens (including phenoxy) is 2. The van der Waals surface area contributed by atoms with Gasteiger partial charge in [-0.15, -0.1) is 24.8 Å². The minimum Gasteiger partial charge on any atom is -0.493 e. The minimum atomic E-state index is 0. The summed E-state index contributed by atoms with van der Waals surface area (Å²) in [5.41, 5.74) is 2.00. The summed E-state index contributed by atoms with van der Waals surface area (Å²) in [5.74, 6) is 2.26. The number of benzene rings is 1. The SMILES string of the molecule is COc1cc2cc(NC3CCCC(C)C3)cnc2cc1OC.Cl.Cl. The molecule has 134 valence electrons. The van der Waals surface area contributed by atoms with E-state index in [0.29, 0.717) is 11.8 Å². The van der Waals surface area contributed by atoms with Crippen LogP contribution in [-0.2, 0) is 0 Å². The fraction of sp³-hybridized carbons (Fsp3) is 0.500. The lowest BCUT2D eigenvalue weighted by Crippen LogP contribution is -2.26. The van der Waals surface area contributed by atoms with E-state index in [-0.39, 0.29) is 24.8 Å². The standard InChI is InChI=1S/C18H24N2O2.2ClH/c1-12-5-4-6-14(7-12)20-15-8-13-9-17(21-2)18(22-3)10-16(13)19-11-15;;/h8-12,14,20H,4-7H2,1-3H3;2*1H. The molecule has 1 aromatic carbocycles. The average Bonchev–Trinajstić information content (AvgIpc) is 2.53. The highest BCUT2D eigenvalue weighted by atomic mass is 35.5. The third-order valence-corrected chi connectivity index (χ3v) is 4.49. The van der Waals surface area contributed by atoms with Crippen LogP contribution in [0, 0.1) is 5.92 Å². The Hall–Kier alpha value is -1.39. The first-order valence-electron chi connectivity index (χ1n) is 7.98. The molecule has 0 spiro atoms. The zero-order valence-corrected chi connectivity index (χ0v) is 16.0. The fourth-order valence-corrected chi connectivity index (χ4v) is 3.34. The second kappa shape index (κ2) is 9.19. The zero-order chi connectivity index (χ0) is 15.5. The number of nitrogens with zero attached hydrogens (tertiary/aromatic N) is 1. The highest BCUT2D eigenvalue weighted by molar-refractivity contribution is 5.86. The van der Waals surface area contributed by atoms with Crippen LogP contribution in [0.2, 0.25) is 0 Å². The summed E-state index contributed by atoms with van der Waals surface area (Å²) in [7, 11) is 3.30. The molecule has 1 aliphatic rings. The number of nitrogens with one attached hydrogen (secondary N) is 1. The summed E-state index contributed by atoms with van der Waals surface area (Å²) in [5, 5.41) is 4.70. The van der Waals surface area contributed by atoms with Crippen LogP contribution >= 0.6 is 24.8 Å². The first-order valence-corrected chi connectivity index (χ1v) is 7.98. The third-order valence-electron chi connectivity index (χ3n) is 4.49. The molecule has 1 fully saturated rings. The van der Waals surface area contributed by atoms with Crippen molar-refractivity contribution in [3.8, 4) is 11.5 Å². The van der Waals surface area contributed by atoms with Crippen LogP contribution in [0.15, 0.2) is 24.4 Å². The summed E-state index contributed by atoms with van der Waals surface area (Å²) in [6, 6.07) is 6.60. The molecular weight excluding hydrogens is 347 g/mol. The summed E-state index contributed by atoms with van der Waals surface area (Å²) >= 11 is 0. The molecule has 4 nitrogen and oxygen atoms in total. The number of halogens is 2. The molecule has 2 atom stereocenters. The highest BCUT2D eigenvalue weighted by Gasteiger charge is 2.18. The zero-order valence-electron chi connectivity index (χ0n) is 14.4. The Kier molecular flexibility index (Phi) is 7.91. The molecule has 1 aliphatic carbocycles. The molecule has 1 heterocycles. The van der Waals surface area contributed by atoms with Crippen molar-refractivity contribution in [2.24, 2.45) is 5.92 Å². The Morgan fingerprint density at radius 2 is 1.75 bits per heavy atom. The van der Waals surface area contributed by atoms with Gasteiger partial charge in [-0.3, -0.25) is 4.98 Å². The predicted octanol–water partition coefficient (Wildman–Crippen LogP) is 5.09. The molecule has 0 radical (unpaired) electrons. The van der Waals surface area contributed by atoms with E-state index in [0.717, 1.165) is 28.3 Å². The fourth-order valence-electron chi connectivity index (χ4n) is 3.34. The molecular formula is C18H26Cl2N2O2. The van der Waals surface area contributed by atoms with E-state index < -0.39 is 0 Å². The van der Waals surface area contributed by atoms with Gasteiger partial charge in [-0.05, 0) is 30.9 Å². The van der Waals surface area contributed by atoms with E-state index in [9.17, 15) is 0 Å². The first kappa shape index (κ1) is 20.7. The summed E-state index contributed by atoms with van der Waals surface area (Å²) in [6.07, 6.45) is 7.06. The van der Waals surface area contributed by atoms with E-state index in [1.807, 2.05) is 18.3 Å². The summed E-state index contributed by atoms with van der Waals surface area (Å²) in [4.78, 5) is 4.55. The number of pyridine rings is 1. The predicted molar refractivity (Wildman–Crippen MR) is 104 cm³/mol. The van der Waals surface area contributed by atoms with Gasteiger partial charge in [0, 0.05) is 17.5 Å². The van der Waals surface area contributed by atoms with Gasteiger partial charge in [0.05, 0.1) is 31.6 Å². The van der Waals surface area contributed by atoms with Crippen molar-refractivity contribution in [2.75, 3.05) is 19.5 Å². The quantitative estimate of drug-likeness (QED) is 0.811. The van der Waals surface area contributed by atoms with Gasteiger partial charge in [0.1, 0.15) is 0 Å². The maximum atomic E-state index is 5.38. The van der Waals surface area contributed by atoms with Crippen LogP contribution in [0.3, 0.4) is 0 Å². The average molecular weight is 373 g/mol. The monoisotopic (exact) mass is 372 g/mol. The second-order valence-electron chi connectivity index (χ2n) is 6.24. The highest BCUT2D eigenvalue weighted by Crippen LogP contribution is 2.33. The van der Waals surface area contributed by atoms with Crippen molar-refractivity contribution >= 4 is 41.4 Å². The van der Waals surface area contributed by atoms with E-state index in [2.05, 4.69) is 23.3 Å². The molecule has 3 rings (SSSR count). The topological polar surface area (TPSA) is 43.4 Å². The third kappa shape index (κ3) is 4.58. The van der Waals surface area contributed by atoms with Gasteiger partial charge < -0.3 is 14.8 Å². The van der Waals surface area contributed by atoms with Crippen LogP contribution in [0.4, 0.5) is 5.69 Å². The van der Waals surface area contributed by atoms with E-state index in [4.69, 9.17) is 9.47 Å². The van der Waals surface area contributed by atoms with Crippen LogP contribution in [0.1, 0.15) is 32.6 Å². The van der Waals surface area contributed by atoms with Crippen LogP contribution in [0.25, 0.3) is 10.9 Å². The lowest BCUT2D eigenvalue weighted by Gasteiger charge is -2.28. The molecule has 0 amide bonds. The molecule has 1 aromatic heterocycles. The number of fused-ring (bicyclic) bond motifs is 1. The molecule has 1 saturated carbocycles. The normalized spacial score (nSPS) is 19.8. The molecule has 0 saturated heterocycles. The molecule has 24 heavy (non-hydrogen) atoms. The summed E-state index contributed by atoms with van der Waals surface area (Å²) < 4.78 is 10.7. The minimum absolute atomic E-state index is 0. The number of hydrogen-bond donors (Lipinski definition) is 1. The largest absolute Gasteiger partial charge is 0.493 e. The van der Waals surface area contributed by atoms with Crippen LogP contribution < -0.4 is 14.8 Å². The molecule has 1 N–H and O–H groups in total. The number of hydrogen-bond acceptors (Lipinski definition) is 4. The van der Waals surface area contributed by atoms with Crippen LogP contribution in [0.5, 0.6) is 11.5 Å². The Balaban J connectivity index is 0.00000144. The van der Waals surface area contributed by atoms with Gasteiger partial charge in [0.15, 0.2) is 11.5 Å². The van der Waals surface area contributed by atoms with Gasteiger partial charge in [-0.25, -0.2) is 0 Å². The van der Waals surface area contributed by atoms with Gasteiger partial charge in [-0.2, -0.15) is 0 Å². The van der Waals surface area contributed by atoms with Crippen molar-refractivity contribution in [1.29, 1.82) is 0 Å². The Morgan fingerprint density at radius 1 is 1.04 bits per heavy atom. The van der Waals surface area contributed by atoms with Crippen molar-refractivity contribution in [2.45, 2.75) is 38.6 Å².